The normalized spacial score (nSPS) is 13.2. The SMILES string of the molecule is C=C(O)CSC1=NN=C(c2cc(-c3ccc(C(F)(F)F)nc3)cc(-c3ccc4ccccc4c3)c2)C1.C=C(O)CSC1=NN=C(c2cc(-c3ccc4ccccc4c3)cc(-c3cccnc3OC)c2)C1.C=C(O)CSC1=NN=C(c2cc(-c3ccncc3)cc(-c3ccc4ccccc4c3)c2)C1.CC(=O)CSC1=NN=C(c2cc(NC(=O)c3ccoc3)cc(-c3ccc4ccccc4c3)c2)C1. The van der Waals surface area contributed by atoms with Crippen molar-refractivity contribution in [3.8, 4) is 83.8 Å². The Labute approximate surface area is 798 Å². The zero-order valence-electron chi connectivity index (χ0n) is 73.5. The van der Waals surface area contributed by atoms with Crippen LogP contribution in [0.4, 0.5) is 18.9 Å². The number of benzene rings is 12. The summed E-state index contributed by atoms with van der Waals surface area (Å²) >= 11 is 5.70. The molecule has 20 rings (SSSR count). The van der Waals surface area contributed by atoms with E-state index < -0.39 is 11.9 Å². The molecule has 4 aliphatic rings. The van der Waals surface area contributed by atoms with Gasteiger partial charge in [-0.1, -0.05) is 171 Å². The highest BCUT2D eigenvalue weighted by molar-refractivity contribution is 8.15. The molecule has 0 saturated heterocycles. The minimum absolute atomic E-state index is 0.0616. The number of ketones is 1. The first kappa shape index (κ1) is 92.4. The molecule has 12 aromatic carbocycles. The summed E-state index contributed by atoms with van der Waals surface area (Å²) in [5.41, 5.74) is 21.0. The summed E-state index contributed by atoms with van der Waals surface area (Å²) in [6.45, 7) is 12.1. The van der Waals surface area contributed by atoms with Gasteiger partial charge in [0, 0.05) is 72.8 Å². The highest BCUT2D eigenvalue weighted by atomic mass is 32.2. The lowest BCUT2D eigenvalue weighted by molar-refractivity contribution is -0.141. The van der Waals surface area contributed by atoms with E-state index in [9.17, 15) is 38.1 Å². The first-order chi connectivity index (χ1) is 66.1. The van der Waals surface area contributed by atoms with Crippen molar-refractivity contribution in [3.05, 3.63) is 393 Å². The fraction of sp³-hybridized carbons (Fsp3) is 0.100. The molecule has 0 fully saturated rings. The lowest BCUT2D eigenvalue weighted by Crippen LogP contribution is -2.12. The van der Waals surface area contributed by atoms with Gasteiger partial charge in [-0.25, -0.2) is 4.98 Å². The minimum Gasteiger partial charge on any atom is -0.512 e. The lowest BCUT2D eigenvalue weighted by Gasteiger charge is -2.13. The molecule has 0 unspecified atom stereocenters. The third-order valence-corrected chi connectivity index (χ3v) is 26.4. The number of thioether (sulfide) groups is 4. The number of furan rings is 1. The number of rotatable bonds is 22. The Balaban J connectivity index is 0.000000126. The standard InChI is InChI=1S/C28H20F3N3OS.C28H23N3O2S.C27H21N3O3S.C27H21N3OS/c1-17(35)16-36-27-14-25(33-34-27)24-12-22(20-7-6-18-4-2-3-5-19(18)10-20)11-23(13-24)21-8-9-26(32-15-21)28(29,30)31;1-18(32)17-34-27-16-26(30-31-27)24-14-22(21-10-9-19-6-3-4-7-20(19)12-21)13-23(15-24)25-8-5-11-29-28(25)33-2;1-17(31)16-34-26-14-25(29-30-26)23-11-22(20-7-6-18-4-2-3-5-19(18)10-20)12-24(13-23)28-27(32)21-8-9-33-15-21;1-18(31)17-32-27-16-26(29-30-27)25-14-23(20-8-10-28-11-9-20)13-24(15-25)22-7-6-19-4-2-3-5-21(19)12-22/h2-13,15,35H,1,14,16H2;3-15,32H,1,16-17H2,2H3;2-13,15H,14,16H2,1H3,(H,28,32);2-15,31H,1,16-17H2. The average molecular weight is 1870 g/mol. The molecule has 0 bridgehead atoms. The van der Waals surface area contributed by atoms with Gasteiger partial charge >= 0.3 is 6.18 Å². The Morgan fingerprint density at radius 1 is 0.375 bits per heavy atom. The molecule has 672 valence electrons. The topological polar surface area (TPSA) is 267 Å². The first-order valence-electron chi connectivity index (χ1n) is 43.1. The van der Waals surface area contributed by atoms with Gasteiger partial charge in [0.05, 0.1) is 82.1 Å². The molecule has 0 radical (unpaired) electrons. The van der Waals surface area contributed by atoms with Gasteiger partial charge in [0.1, 0.15) is 37.9 Å². The number of hydrogen-bond donors (Lipinski definition) is 4. The van der Waals surface area contributed by atoms with Crippen LogP contribution in [0.5, 0.6) is 5.88 Å². The van der Waals surface area contributed by atoms with E-state index in [1.165, 1.54) is 93.4 Å². The van der Waals surface area contributed by atoms with Crippen molar-refractivity contribution < 1.29 is 47.2 Å². The third-order valence-electron chi connectivity index (χ3n) is 22.2. The largest absolute Gasteiger partial charge is 0.512 e. The molecule has 19 nitrogen and oxygen atoms in total. The predicted octanol–water partition coefficient (Wildman–Crippen LogP) is 27.8. The van der Waals surface area contributed by atoms with Crippen molar-refractivity contribution in [1.29, 1.82) is 0 Å². The van der Waals surface area contributed by atoms with Crippen molar-refractivity contribution in [3.63, 3.8) is 0 Å². The van der Waals surface area contributed by atoms with Crippen LogP contribution in [0.15, 0.2) is 405 Å². The quantitative estimate of drug-likeness (QED) is 0.0460. The fourth-order valence-electron chi connectivity index (χ4n) is 15.5. The molecule has 4 aromatic heterocycles. The van der Waals surface area contributed by atoms with Crippen molar-refractivity contribution in [2.24, 2.45) is 40.8 Å². The summed E-state index contributed by atoms with van der Waals surface area (Å²) in [5.74, 6) is 2.32. The molecular weight excluding hydrogens is 1790 g/mol. The highest BCUT2D eigenvalue weighted by Gasteiger charge is 2.33. The summed E-state index contributed by atoms with van der Waals surface area (Å²) < 4.78 is 49.7. The van der Waals surface area contributed by atoms with Gasteiger partial charge in [-0.15, -0.1) is 67.5 Å². The van der Waals surface area contributed by atoms with E-state index in [0.29, 0.717) is 71.4 Å². The zero-order chi connectivity index (χ0) is 94.2. The monoisotopic (exact) mass is 1870 g/mol. The number of alkyl halides is 3. The van der Waals surface area contributed by atoms with Crippen molar-refractivity contribution >= 4 is 151 Å². The van der Waals surface area contributed by atoms with E-state index in [-0.39, 0.29) is 29.0 Å². The van der Waals surface area contributed by atoms with Crippen LogP contribution in [0, 0.1) is 0 Å². The number of ether oxygens (including phenoxy) is 1. The molecule has 4 N–H and O–H groups in total. The number of amides is 1. The van der Waals surface area contributed by atoms with Gasteiger partial charge in [-0.3, -0.25) is 19.6 Å². The predicted molar refractivity (Wildman–Crippen MR) is 556 cm³/mol. The Hall–Kier alpha value is -15.5. The molecule has 1 amide bonds. The molecule has 136 heavy (non-hydrogen) atoms. The summed E-state index contributed by atoms with van der Waals surface area (Å²) in [6.07, 6.45) is 7.27. The Kier molecular flexibility index (Phi) is 28.9. The number of anilines is 1. The number of methoxy groups -OCH3 is 1. The van der Waals surface area contributed by atoms with E-state index in [0.717, 1.165) is 165 Å². The fourth-order valence-corrected chi connectivity index (χ4v) is 18.2. The maximum atomic E-state index is 13.0. The van der Waals surface area contributed by atoms with Gasteiger partial charge in [0.2, 0.25) is 5.88 Å². The highest BCUT2D eigenvalue weighted by Crippen LogP contribution is 2.40. The van der Waals surface area contributed by atoms with Crippen LogP contribution in [0.25, 0.3) is 121 Å². The summed E-state index contributed by atoms with van der Waals surface area (Å²) in [4.78, 5) is 36.2. The number of aromatic nitrogens is 3. The Morgan fingerprint density at radius 3 is 1.10 bits per heavy atom. The third kappa shape index (κ3) is 23.4. The molecule has 8 heterocycles. The molecule has 4 aliphatic heterocycles. The maximum Gasteiger partial charge on any atom is 0.433 e. The van der Waals surface area contributed by atoms with Gasteiger partial charge in [-0.2, -0.15) is 33.6 Å². The van der Waals surface area contributed by atoms with Gasteiger partial charge in [-0.05, 0) is 267 Å². The summed E-state index contributed by atoms with van der Waals surface area (Å²) in [7, 11) is 1.63. The van der Waals surface area contributed by atoms with E-state index in [1.54, 1.807) is 26.3 Å². The number of fused-ring (bicyclic) bond motifs is 4. The Morgan fingerprint density at radius 2 is 0.728 bits per heavy atom. The molecule has 0 spiro atoms. The van der Waals surface area contributed by atoms with Crippen LogP contribution in [0.2, 0.25) is 0 Å². The smallest absolute Gasteiger partial charge is 0.433 e. The van der Waals surface area contributed by atoms with E-state index in [2.05, 4.69) is 245 Å². The number of pyridine rings is 3. The molecular formula is C110H85F3N12O7S4. The second kappa shape index (κ2) is 42.6. The van der Waals surface area contributed by atoms with Crippen LogP contribution < -0.4 is 10.1 Å². The van der Waals surface area contributed by atoms with Crippen LogP contribution >= 0.6 is 47.0 Å². The molecule has 0 aliphatic carbocycles. The maximum absolute atomic E-state index is 13.0. The molecule has 0 atom stereocenters. The van der Waals surface area contributed by atoms with Gasteiger partial charge in [0.15, 0.2) is 0 Å². The number of nitrogens with zero attached hydrogens (tertiary/aromatic N) is 11. The Bertz CT molecular complexity index is 7610. The van der Waals surface area contributed by atoms with E-state index in [1.807, 2.05) is 116 Å². The number of hydrogen-bond acceptors (Lipinski definition) is 22. The van der Waals surface area contributed by atoms with Crippen LogP contribution in [-0.4, -0.2) is 115 Å². The van der Waals surface area contributed by atoms with Crippen molar-refractivity contribution in [2.75, 3.05) is 35.4 Å². The molecule has 0 saturated carbocycles. The number of carbonyl (C=O) groups excluding carboxylic acids is 2. The average Bonchev–Trinajstić information content (AvgIpc) is 1.43. The lowest BCUT2D eigenvalue weighted by atomic mass is 9.93. The van der Waals surface area contributed by atoms with Gasteiger partial charge < -0.3 is 29.8 Å². The molecule has 26 heteroatoms. The summed E-state index contributed by atoms with van der Waals surface area (Å²) in [5, 5.41) is 78.5. The number of Topliss-reactive ketones (excluding diaryl/α,β-unsaturated/α-hetero) is 1. The van der Waals surface area contributed by atoms with Crippen molar-refractivity contribution in [2.45, 2.75) is 38.8 Å². The number of carbonyl (C=O) groups is 2. The van der Waals surface area contributed by atoms with Crippen LogP contribution in [0.1, 0.15) is 70.9 Å². The first-order valence-corrected chi connectivity index (χ1v) is 47.0. The van der Waals surface area contributed by atoms with Crippen LogP contribution in [0.3, 0.4) is 0 Å². The van der Waals surface area contributed by atoms with Crippen molar-refractivity contribution in [1.82, 2.24) is 15.0 Å². The number of aliphatic hydroxyl groups excluding tert-OH is 3. The summed E-state index contributed by atoms with van der Waals surface area (Å²) in [6, 6.07) is 95.2. The second-order valence-electron chi connectivity index (χ2n) is 32.1. The zero-order valence-corrected chi connectivity index (χ0v) is 76.8. The second-order valence-corrected chi connectivity index (χ2v) is 36.3. The molecule has 16 aromatic rings. The van der Waals surface area contributed by atoms with E-state index >= 15 is 0 Å². The minimum atomic E-state index is -4.50. The number of halogens is 3. The van der Waals surface area contributed by atoms with E-state index in [4.69, 9.17) is 9.15 Å². The van der Waals surface area contributed by atoms with Gasteiger partial charge in [0.25, 0.3) is 5.91 Å². The number of aliphatic hydroxyl groups is 3. The number of nitrogens with one attached hydrogen (secondary N) is 1. The van der Waals surface area contributed by atoms with Crippen LogP contribution in [-0.2, 0) is 11.0 Å².